The highest BCUT2D eigenvalue weighted by Crippen LogP contribution is 2.24. The molecule has 0 aliphatic carbocycles. The number of hydrogen-bond donors (Lipinski definition) is 1. The van der Waals surface area contributed by atoms with Crippen molar-refractivity contribution in [3.05, 3.63) is 64.1 Å². The van der Waals surface area contributed by atoms with Crippen LogP contribution < -0.4 is 5.32 Å². The Morgan fingerprint density at radius 2 is 1.96 bits per heavy atom. The summed E-state index contributed by atoms with van der Waals surface area (Å²) in [7, 11) is 0. The number of thioether (sulfide) groups is 1. The first-order chi connectivity index (χ1) is 12.2. The van der Waals surface area contributed by atoms with Gasteiger partial charge in [0.05, 0.1) is 23.1 Å². The van der Waals surface area contributed by atoms with Gasteiger partial charge in [-0.1, -0.05) is 41.3 Å². The third kappa shape index (κ3) is 4.54. The monoisotopic (exact) mass is 384 g/mol. The molecule has 0 atom stereocenters. The average Bonchev–Trinajstić information content (AvgIpc) is 3.02. The first-order valence-electron chi connectivity index (χ1n) is 7.24. The molecule has 124 valence electrons. The Balaban J connectivity index is 1.61. The third-order valence-corrected chi connectivity index (χ3v) is 5.52. The van der Waals surface area contributed by atoms with E-state index in [0.29, 0.717) is 15.2 Å². The lowest BCUT2D eigenvalue weighted by Gasteiger charge is -2.04. The van der Waals surface area contributed by atoms with Gasteiger partial charge in [-0.15, -0.1) is 5.10 Å². The summed E-state index contributed by atoms with van der Waals surface area (Å²) < 4.78 is 3.07. The molecule has 0 fully saturated rings. The molecule has 0 saturated carbocycles. The van der Waals surface area contributed by atoms with Crippen molar-refractivity contribution in [2.24, 2.45) is 0 Å². The van der Waals surface area contributed by atoms with Crippen molar-refractivity contribution in [3.63, 3.8) is 0 Å². The van der Waals surface area contributed by atoms with Crippen LogP contribution in [0.2, 0.25) is 0 Å². The number of nitrogens with one attached hydrogen (secondary N) is 1. The van der Waals surface area contributed by atoms with Crippen LogP contribution in [-0.2, 0) is 4.79 Å². The molecule has 0 bridgehead atoms. The van der Waals surface area contributed by atoms with Crippen LogP contribution in [0.25, 0.3) is 5.69 Å². The van der Waals surface area contributed by atoms with Gasteiger partial charge in [-0.2, -0.15) is 5.26 Å². The molecule has 3 aromatic rings. The predicted molar refractivity (Wildman–Crippen MR) is 103 cm³/mol. The van der Waals surface area contributed by atoms with Crippen molar-refractivity contribution in [1.29, 1.82) is 5.26 Å². The summed E-state index contributed by atoms with van der Waals surface area (Å²) in [5, 5.41) is 16.0. The van der Waals surface area contributed by atoms with Crippen molar-refractivity contribution in [3.8, 4) is 11.8 Å². The number of hydrogen-bond acceptors (Lipinski definition) is 6. The van der Waals surface area contributed by atoms with E-state index in [2.05, 4.69) is 10.4 Å². The second kappa shape index (κ2) is 8.07. The summed E-state index contributed by atoms with van der Waals surface area (Å²) in [4.78, 5) is 12.0. The number of para-hydroxylation sites is 1. The van der Waals surface area contributed by atoms with Crippen molar-refractivity contribution < 1.29 is 4.79 Å². The lowest BCUT2D eigenvalue weighted by atomic mass is 10.2. The zero-order chi connectivity index (χ0) is 17.6. The van der Waals surface area contributed by atoms with E-state index < -0.39 is 0 Å². The maximum atomic E-state index is 12.0. The number of amides is 1. The average molecular weight is 385 g/mol. The zero-order valence-electron chi connectivity index (χ0n) is 12.9. The summed E-state index contributed by atoms with van der Waals surface area (Å²) in [5.74, 6) is 0.0963. The Morgan fingerprint density at radius 1 is 1.24 bits per heavy atom. The van der Waals surface area contributed by atoms with Crippen LogP contribution in [0.1, 0.15) is 5.56 Å². The predicted octanol–water partition coefficient (Wildman–Crippen LogP) is 4.27. The van der Waals surface area contributed by atoms with E-state index in [0.717, 1.165) is 10.0 Å². The quantitative estimate of drug-likeness (QED) is 0.525. The minimum atomic E-state index is -0.137. The van der Waals surface area contributed by atoms with Crippen LogP contribution >= 0.6 is 35.3 Å². The van der Waals surface area contributed by atoms with Gasteiger partial charge in [0.2, 0.25) is 5.91 Å². The summed E-state index contributed by atoms with van der Waals surface area (Å²) in [6.07, 6.45) is 0. The molecule has 1 aromatic heterocycles. The van der Waals surface area contributed by atoms with E-state index in [1.807, 2.05) is 36.4 Å². The molecule has 3 rings (SSSR count). The van der Waals surface area contributed by atoms with Crippen LogP contribution in [-0.4, -0.2) is 21.4 Å². The Morgan fingerprint density at radius 3 is 2.64 bits per heavy atom. The molecular formula is C17H12N4OS3. The molecule has 2 aromatic carbocycles. The molecular weight excluding hydrogens is 372 g/mol. The second-order valence-electron chi connectivity index (χ2n) is 4.91. The highest BCUT2D eigenvalue weighted by molar-refractivity contribution is 8.01. The number of nitrogens with zero attached hydrogens (tertiary/aromatic N) is 3. The van der Waals surface area contributed by atoms with Gasteiger partial charge in [0.1, 0.15) is 0 Å². The number of benzene rings is 2. The van der Waals surface area contributed by atoms with E-state index in [9.17, 15) is 4.79 Å². The first-order valence-corrected chi connectivity index (χ1v) is 9.45. The molecule has 0 aliphatic rings. The van der Waals surface area contributed by atoms with Crippen LogP contribution in [0.3, 0.4) is 0 Å². The van der Waals surface area contributed by atoms with Gasteiger partial charge in [-0.05, 0) is 48.6 Å². The highest BCUT2D eigenvalue weighted by atomic mass is 32.2. The molecule has 1 heterocycles. The van der Waals surface area contributed by atoms with Crippen LogP contribution in [0.4, 0.5) is 5.69 Å². The molecule has 1 N–H and O–H groups in total. The van der Waals surface area contributed by atoms with Gasteiger partial charge in [0.25, 0.3) is 0 Å². The van der Waals surface area contributed by atoms with Crippen molar-refractivity contribution in [1.82, 2.24) is 9.78 Å². The fourth-order valence-corrected chi connectivity index (χ4v) is 4.17. The van der Waals surface area contributed by atoms with Crippen LogP contribution in [0.15, 0.2) is 58.9 Å². The Labute approximate surface area is 157 Å². The van der Waals surface area contributed by atoms with Crippen LogP contribution in [0.5, 0.6) is 0 Å². The van der Waals surface area contributed by atoms with E-state index in [-0.39, 0.29) is 11.7 Å². The van der Waals surface area contributed by atoms with E-state index >= 15 is 0 Å². The molecule has 8 heteroatoms. The Kier molecular flexibility index (Phi) is 5.60. The smallest absolute Gasteiger partial charge is 0.234 e. The lowest BCUT2D eigenvalue weighted by molar-refractivity contribution is -0.113. The van der Waals surface area contributed by atoms with Gasteiger partial charge >= 0.3 is 0 Å². The van der Waals surface area contributed by atoms with Gasteiger partial charge in [0, 0.05) is 5.69 Å². The summed E-state index contributed by atoms with van der Waals surface area (Å²) in [5.41, 5.74) is 2.11. The number of nitriles is 1. The summed E-state index contributed by atoms with van der Waals surface area (Å²) in [6, 6.07) is 18.4. The van der Waals surface area contributed by atoms with Gasteiger partial charge in [0.15, 0.2) is 8.29 Å². The third-order valence-electron chi connectivity index (χ3n) is 3.15. The lowest BCUT2D eigenvalue weighted by Crippen LogP contribution is -2.13. The second-order valence-corrected chi connectivity index (χ2v) is 7.75. The number of carbonyl (C=O) groups excluding carboxylic acids is 1. The number of carbonyl (C=O) groups is 1. The summed E-state index contributed by atoms with van der Waals surface area (Å²) >= 11 is 8.06. The van der Waals surface area contributed by atoms with E-state index in [1.54, 1.807) is 28.9 Å². The first kappa shape index (κ1) is 17.4. The summed E-state index contributed by atoms with van der Waals surface area (Å²) in [6.45, 7) is 0. The van der Waals surface area contributed by atoms with Gasteiger partial charge < -0.3 is 5.32 Å². The van der Waals surface area contributed by atoms with E-state index in [4.69, 9.17) is 17.5 Å². The fraction of sp³-hybridized carbons (Fsp3) is 0.0588. The molecule has 0 unspecified atom stereocenters. The van der Waals surface area contributed by atoms with Crippen molar-refractivity contribution in [2.75, 3.05) is 11.1 Å². The number of anilines is 1. The molecule has 0 radical (unpaired) electrons. The SMILES string of the molecule is N#Cc1ccc(NC(=O)CSc2nn(-c3ccccc3)c(=S)s2)cc1. The number of aromatic nitrogens is 2. The molecule has 0 spiro atoms. The number of rotatable bonds is 5. The maximum absolute atomic E-state index is 12.0. The maximum Gasteiger partial charge on any atom is 0.234 e. The topological polar surface area (TPSA) is 70.7 Å². The normalized spacial score (nSPS) is 10.2. The highest BCUT2D eigenvalue weighted by Gasteiger charge is 2.09. The van der Waals surface area contributed by atoms with Crippen molar-refractivity contribution >= 4 is 46.9 Å². The van der Waals surface area contributed by atoms with Crippen molar-refractivity contribution in [2.45, 2.75) is 4.34 Å². The zero-order valence-corrected chi connectivity index (χ0v) is 15.3. The minimum Gasteiger partial charge on any atom is -0.325 e. The van der Waals surface area contributed by atoms with Crippen LogP contribution in [0, 0.1) is 15.3 Å². The standard InChI is InChI=1S/C17H12N4OS3/c18-10-12-6-8-13(9-7-12)19-15(22)11-24-16-20-21(17(23)25-16)14-4-2-1-3-5-14/h1-9H,11H2,(H,19,22). The molecule has 0 saturated heterocycles. The Bertz CT molecular complexity index is 972. The molecule has 1 amide bonds. The fourth-order valence-electron chi connectivity index (χ4n) is 2.00. The van der Waals surface area contributed by atoms with Gasteiger partial charge in [-0.25, -0.2) is 4.68 Å². The molecule has 5 nitrogen and oxygen atoms in total. The van der Waals surface area contributed by atoms with E-state index in [1.165, 1.54) is 23.1 Å². The largest absolute Gasteiger partial charge is 0.325 e. The van der Waals surface area contributed by atoms with Gasteiger partial charge in [-0.3, -0.25) is 4.79 Å². The molecule has 0 aliphatic heterocycles. The molecule has 25 heavy (non-hydrogen) atoms. The Hall–Kier alpha value is -2.47. The minimum absolute atomic E-state index is 0.137.